The number of nitrogens with one attached hydrogen (secondary N) is 1. The van der Waals surface area contributed by atoms with Crippen molar-refractivity contribution in [3.63, 3.8) is 0 Å². The lowest BCUT2D eigenvalue weighted by atomic mass is 10.00. The zero-order valence-corrected chi connectivity index (χ0v) is 19.1. The van der Waals surface area contributed by atoms with Crippen LogP contribution in [0.5, 0.6) is 0 Å². The molecule has 1 fully saturated rings. The summed E-state index contributed by atoms with van der Waals surface area (Å²) in [4.78, 5) is 21.5. The number of pyridine rings is 1. The number of likely N-dealkylation sites (tertiary alicyclic amines) is 1. The third-order valence-electron chi connectivity index (χ3n) is 6.38. The van der Waals surface area contributed by atoms with E-state index < -0.39 is 0 Å². The summed E-state index contributed by atoms with van der Waals surface area (Å²) in [7, 11) is 0. The molecule has 1 N–H and O–H groups in total. The van der Waals surface area contributed by atoms with E-state index in [-0.39, 0.29) is 23.6 Å². The molecule has 0 radical (unpaired) electrons. The highest BCUT2D eigenvalue weighted by molar-refractivity contribution is 6.06. The van der Waals surface area contributed by atoms with Crippen molar-refractivity contribution in [2.75, 3.05) is 18.0 Å². The van der Waals surface area contributed by atoms with Crippen molar-refractivity contribution < 1.29 is 13.6 Å². The summed E-state index contributed by atoms with van der Waals surface area (Å²) in [5, 5.41) is 7.22. The molecule has 1 aliphatic heterocycles. The first-order chi connectivity index (χ1) is 17.1. The van der Waals surface area contributed by atoms with E-state index in [1.807, 2.05) is 0 Å². The Kier molecular flexibility index (Phi) is 6.63. The lowest BCUT2D eigenvalue weighted by molar-refractivity contribution is 0.0958. The first-order valence-electron chi connectivity index (χ1n) is 11.6. The molecule has 8 heteroatoms. The number of carbonyl (C=O) groups excluding carboxylic acids is 1. The molecule has 0 unspecified atom stereocenters. The van der Waals surface area contributed by atoms with E-state index in [0.29, 0.717) is 17.8 Å². The van der Waals surface area contributed by atoms with Gasteiger partial charge in [0.1, 0.15) is 11.6 Å². The van der Waals surface area contributed by atoms with E-state index in [1.54, 1.807) is 59.9 Å². The predicted octanol–water partition coefficient (Wildman–Crippen LogP) is 5.06. The molecule has 5 rings (SSSR count). The molecule has 1 aliphatic rings. The minimum Gasteiger partial charge on any atom is -0.305 e. The Morgan fingerprint density at radius 3 is 2.51 bits per heavy atom. The standard InChI is InChI=1S/C27H25F2N5O/c28-22-8-6-19(7-9-22)26-21(17-31-32-26)18-33-13-10-24(11-14-33)34(25-5-1-4-23(29)15-25)27(35)20-3-2-12-30-16-20/h1-9,12,15-17,24H,10-11,13-14,18H2,(H,31,32). The van der Waals surface area contributed by atoms with Gasteiger partial charge in [-0.1, -0.05) is 6.07 Å². The molecular formula is C27H25F2N5O. The molecule has 178 valence electrons. The van der Waals surface area contributed by atoms with Gasteiger partial charge in [0.15, 0.2) is 0 Å². The third-order valence-corrected chi connectivity index (χ3v) is 6.38. The number of benzene rings is 2. The van der Waals surface area contributed by atoms with Gasteiger partial charge < -0.3 is 4.90 Å². The minimum atomic E-state index is -0.378. The number of anilines is 1. The minimum absolute atomic E-state index is 0.0679. The maximum atomic E-state index is 14.0. The first-order valence-corrected chi connectivity index (χ1v) is 11.6. The fourth-order valence-corrected chi connectivity index (χ4v) is 4.62. The first kappa shape index (κ1) is 22.9. The lowest BCUT2D eigenvalue weighted by Crippen LogP contribution is -2.47. The second-order valence-corrected chi connectivity index (χ2v) is 8.68. The van der Waals surface area contributed by atoms with Gasteiger partial charge >= 0.3 is 0 Å². The van der Waals surface area contributed by atoms with Crippen LogP contribution in [-0.2, 0) is 6.54 Å². The molecule has 0 spiro atoms. The maximum Gasteiger partial charge on any atom is 0.260 e. The van der Waals surface area contributed by atoms with Crippen LogP contribution in [-0.4, -0.2) is 45.1 Å². The molecule has 4 aromatic rings. The second kappa shape index (κ2) is 10.1. The van der Waals surface area contributed by atoms with Crippen LogP contribution in [0, 0.1) is 11.6 Å². The Morgan fingerprint density at radius 2 is 1.80 bits per heavy atom. The molecule has 0 aliphatic carbocycles. The van der Waals surface area contributed by atoms with Crippen LogP contribution in [0.3, 0.4) is 0 Å². The number of rotatable bonds is 6. The van der Waals surface area contributed by atoms with Crippen LogP contribution in [0.2, 0.25) is 0 Å². The van der Waals surface area contributed by atoms with E-state index in [4.69, 9.17) is 0 Å². The monoisotopic (exact) mass is 473 g/mol. The summed E-state index contributed by atoms with van der Waals surface area (Å²) in [6, 6.07) is 15.9. The largest absolute Gasteiger partial charge is 0.305 e. The molecule has 1 saturated heterocycles. The van der Waals surface area contributed by atoms with Gasteiger partial charge in [0.2, 0.25) is 0 Å². The van der Waals surface area contributed by atoms with Gasteiger partial charge in [-0.2, -0.15) is 5.10 Å². The molecular weight excluding hydrogens is 448 g/mol. The highest BCUT2D eigenvalue weighted by Gasteiger charge is 2.30. The van der Waals surface area contributed by atoms with Crippen LogP contribution in [0.25, 0.3) is 11.3 Å². The fourth-order valence-electron chi connectivity index (χ4n) is 4.62. The summed E-state index contributed by atoms with van der Waals surface area (Å²) < 4.78 is 27.4. The average Bonchev–Trinajstić information content (AvgIpc) is 3.34. The molecule has 35 heavy (non-hydrogen) atoms. The maximum absolute atomic E-state index is 14.0. The molecule has 0 saturated carbocycles. The number of carbonyl (C=O) groups is 1. The quantitative estimate of drug-likeness (QED) is 0.425. The normalized spacial score (nSPS) is 14.7. The Morgan fingerprint density at radius 1 is 1.00 bits per heavy atom. The van der Waals surface area contributed by atoms with Crippen molar-refractivity contribution in [3.8, 4) is 11.3 Å². The van der Waals surface area contributed by atoms with Crippen LogP contribution in [0.1, 0.15) is 28.8 Å². The number of hydrogen-bond donors (Lipinski definition) is 1. The van der Waals surface area contributed by atoms with E-state index in [9.17, 15) is 13.6 Å². The van der Waals surface area contributed by atoms with Crippen molar-refractivity contribution >= 4 is 11.6 Å². The van der Waals surface area contributed by atoms with Gasteiger partial charge in [-0.25, -0.2) is 8.78 Å². The van der Waals surface area contributed by atoms with Gasteiger partial charge in [-0.15, -0.1) is 0 Å². The van der Waals surface area contributed by atoms with Crippen molar-refractivity contribution in [1.82, 2.24) is 20.1 Å². The van der Waals surface area contributed by atoms with E-state index in [2.05, 4.69) is 20.1 Å². The number of aromatic nitrogens is 3. The van der Waals surface area contributed by atoms with Gasteiger partial charge in [0.25, 0.3) is 5.91 Å². The summed E-state index contributed by atoms with van der Waals surface area (Å²) in [6.07, 6.45) is 6.45. The van der Waals surface area contributed by atoms with Crippen molar-refractivity contribution in [3.05, 3.63) is 102 Å². The molecule has 0 atom stereocenters. The third kappa shape index (κ3) is 5.12. The highest BCUT2D eigenvalue weighted by atomic mass is 19.1. The Hall–Kier alpha value is -3.91. The van der Waals surface area contributed by atoms with Crippen LogP contribution < -0.4 is 4.90 Å². The molecule has 2 aromatic carbocycles. The van der Waals surface area contributed by atoms with Gasteiger partial charge in [0.05, 0.1) is 17.5 Å². The molecule has 2 aromatic heterocycles. The zero-order chi connectivity index (χ0) is 24.2. The number of halogens is 2. The highest BCUT2D eigenvalue weighted by Crippen LogP contribution is 2.28. The van der Waals surface area contributed by atoms with Crippen molar-refractivity contribution in [1.29, 1.82) is 0 Å². The second-order valence-electron chi connectivity index (χ2n) is 8.68. The van der Waals surface area contributed by atoms with E-state index >= 15 is 0 Å². The number of aromatic amines is 1. The average molecular weight is 474 g/mol. The predicted molar refractivity (Wildman–Crippen MR) is 130 cm³/mol. The Bertz CT molecular complexity index is 1280. The lowest BCUT2D eigenvalue weighted by Gasteiger charge is -2.38. The number of H-pyrrole nitrogens is 1. The van der Waals surface area contributed by atoms with Gasteiger partial charge in [-0.05, 0) is 67.4 Å². The topological polar surface area (TPSA) is 65.1 Å². The Balaban J connectivity index is 1.31. The van der Waals surface area contributed by atoms with Crippen LogP contribution in [0.4, 0.5) is 14.5 Å². The summed E-state index contributed by atoms with van der Waals surface area (Å²) in [5.74, 6) is -0.839. The molecule has 6 nitrogen and oxygen atoms in total. The number of hydrogen-bond acceptors (Lipinski definition) is 4. The van der Waals surface area contributed by atoms with Crippen molar-refractivity contribution in [2.45, 2.75) is 25.4 Å². The van der Waals surface area contributed by atoms with Gasteiger partial charge in [0, 0.05) is 54.9 Å². The summed E-state index contributed by atoms with van der Waals surface area (Å²) in [6.45, 7) is 2.22. The molecule has 1 amide bonds. The van der Waals surface area contributed by atoms with E-state index in [1.165, 1.54) is 24.3 Å². The Labute approximate surface area is 202 Å². The van der Waals surface area contributed by atoms with Crippen molar-refractivity contribution in [2.24, 2.45) is 0 Å². The van der Waals surface area contributed by atoms with E-state index in [0.717, 1.165) is 42.8 Å². The zero-order valence-electron chi connectivity index (χ0n) is 19.1. The molecule has 3 heterocycles. The molecule has 0 bridgehead atoms. The summed E-state index contributed by atoms with van der Waals surface area (Å²) in [5.41, 5.74) is 3.81. The van der Waals surface area contributed by atoms with Crippen LogP contribution in [0.15, 0.2) is 79.3 Å². The number of amides is 1. The fraction of sp³-hybridized carbons (Fsp3) is 0.222. The van der Waals surface area contributed by atoms with Gasteiger partial charge in [-0.3, -0.25) is 19.8 Å². The SMILES string of the molecule is O=C(c1cccnc1)N(c1cccc(F)c1)C1CCN(Cc2cn[nH]c2-c2ccc(F)cc2)CC1. The van der Waals surface area contributed by atoms with Crippen LogP contribution >= 0.6 is 0 Å². The smallest absolute Gasteiger partial charge is 0.260 e. The summed E-state index contributed by atoms with van der Waals surface area (Å²) >= 11 is 0. The number of nitrogens with zero attached hydrogens (tertiary/aromatic N) is 4. The number of piperidine rings is 1.